The number of halogens is 2. The predicted octanol–water partition coefficient (Wildman–Crippen LogP) is 2.07. The summed E-state index contributed by atoms with van der Waals surface area (Å²) in [6.07, 6.45) is 0.461. The summed E-state index contributed by atoms with van der Waals surface area (Å²) in [5.41, 5.74) is 0.550. The van der Waals surface area contributed by atoms with Crippen molar-refractivity contribution >= 4 is 11.5 Å². The molecular weight excluding hydrogens is 216 g/mol. The summed E-state index contributed by atoms with van der Waals surface area (Å²) in [6.45, 7) is -2.02. The van der Waals surface area contributed by atoms with Gasteiger partial charge in [0, 0.05) is 13.0 Å². The van der Waals surface area contributed by atoms with Gasteiger partial charge < -0.3 is 9.64 Å². The molecule has 0 N–H and O–H groups in total. The topological polar surface area (TPSA) is 29.5 Å². The number of ketones is 1. The molecule has 1 saturated heterocycles. The van der Waals surface area contributed by atoms with Crippen LogP contribution < -0.4 is 9.64 Å². The van der Waals surface area contributed by atoms with Crippen LogP contribution in [0.5, 0.6) is 5.75 Å². The molecule has 0 radical (unpaired) electrons. The highest BCUT2D eigenvalue weighted by atomic mass is 19.3. The fourth-order valence-corrected chi connectivity index (χ4v) is 1.75. The van der Waals surface area contributed by atoms with Gasteiger partial charge in [0.25, 0.3) is 0 Å². The van der Waals surface area contributed by atoms with E-state index in [9.17, 15) is 13.6 Å². The molecule has 0 aliphatic carbocycles. The van der Waals surface area contributed by atoms with E-state index in [1.54, 1.807) is 23.1 Å². The maximum absolute atomic E-state index is 12.2. The van der Waals surface area contributed by atoms with Gasteiger partial charge >= 0.3 is 6.61 Å². The van der Waals surface area contributed by atoms with E-state index in [2.05, 4.69) is 4.74 Å². The zero-order chi connectivity index (χ0) is 11.5. The average molecular weight is 227 g/mol. The molecule has 0 spiro atoms. The van der Waals surface area contributed by atoms with Gasteiger partial charge in [0.2, 0.25) is 0 Å². The summed E-state index contributed by atoms with van der Waals surface area (Å²) in [7, 11) is 0. The lowest BCUT2D eigenvalue weighted by atomic mass is 10.2. The lowest BCUT2D eigenvalue weighted by Crippen LogP contribution is -2.20. The van der Waals surface area contributed by atoms with Gasteiger partial charge in [0.15, 0.2) is 5.78 Å². The summed E-state index contributed by atoms with van der Waals surface area (Å²) in [4.78, 5) is 12.9. The fourth-order valence-electron chi connectivity index (χ4n) is 1.75. The summed E-state index contributed by atoms with van der Waals surface area (Å²) in [5.74, 6) is 0.235. The highest BCUT2D eigenvalue weighted by Crippen LogP contribution is 2.30. The Bertz CT molecular complexity index is 395. The molecule has 1 aromatic carbocycles. The van der Waals surface area contributed by atoms with Gasteiger partial charge in [-0.05, 0) is 12.1 Å². The maximum Gasteiger partial charge on any atom is 0.387 e. The number of hydrogen-bond acceptors (Lipinski definition) is 3. The molecular formula is C11H11F2NO2. The molecule has 16 heavy (non-hydrogen) atoms. The number of ether oxygens (including phenoxy) is 1. The fraction of sp³-hybridized carbons (Fsp3) is 0.364. The lowest BCUT2D eigenvalue weighted by molar-refractivity contribution is -0.116. The van der Waals surface area contributed by atoms with Crippen LogP contribution in [0.4, 0.5) is 14.5 Å². The molecule has 0 atom stereocenters. The van der Waals surface area contributed by atoms with Crippen molar-refractivity contribution in [2.45, 2.75) is 13.0 Å². The minimum Gasteiger partial charge on any atom is -0.433 e. The first-order valence-electron chi connectivity index (χ1n) is 4.97. The normalized spacial score (nSPS) is 15.9. The van der Waals surface area contributed by atoms with Crippen LogP contribution in [0.2, 0.25) is 0 Å². The van der Waals surface area contributed by atoms with Crippen LogP contribution in [-0.4, -0.2) is 25.5 Å². The van der Waals surface area contributed by atoms with Crippen LogP contribution in [0.15, 0.2) is 24.3 Å². The Morgan fingerprint density at radius 3 is 2.69 bits per heavy atom. The Morgan fingerprint density at radius 2 is 2.06 bits per heavy atom. The van der Waals surface area contributed by atoms with Crippen LogP contribution in [0.1, 0.15) is 6.42 Å². The summed E-state index contributed by atoms with van der Waals surface area (Å²) >= 11 is 0. The van der Waals surface area contributed by atoms with E-state index >= 15 is 0 Å². The van der Waals surface area contributed by atoms with Crippen LogP contribution >= 0.6 is 0 Å². The molecule has 0 saturated carbocycles. The number of carbonyl (C=O) groups is 1. The number of hydrogen-bond donors (Lipinski definition) is 0. The standard InChI is InChI=1S/C11H11F2NO2/c12-11(13)16-10-4-2-1-3-9(10)14-6-5-8(15)7-14/h1-4,11H,5-7H2. The van der Waals surface area contributed by atoms with Crippen molar-refractivity contribution in [1.82, 2.24) is 0 Å². The molecule has 3 nitrogen and oxygen atoms in total. The number of Topliss-reactive ketones (excluding diaryl/α,β-unsaturated/α-hetero) is 1. The molecule has 0 bridgehead atoms. The van der Waals surface area contributed by atoms with Gasteiger partial charge in [-0.3, -0.25) is 4.79 Å². The number of anilines is 1. The zero-order valence-corrected chi connectivity index (χ0v) is 8.53. The van der Waals surface area contributed by atoms with Crippen LogP contribution in [-0.2, 0) is 4.79 Å². The second kappa shape index (κ2) is 4.47. The molecule has 0 unspecified atom stereocenters. The van der Waals surface area contributed by atoms with Gasteiger partial charge in [-0.2, -0.15) is 8.78 Å². The molecule has 0 aromatic heterocycles. The van der Waals surface area contributed by atoms with E-state index in [-0.39, 0.29) is 18.1 Å². The number of carbonyl (C=O) groups excluding carboxylic acids is 1. The highest BCUT2D eigenvalue weighted by Gasteiger charge is 2.22. The smallest absolute Gasteiger partial charge is 0.387 e. The largest absolute Gasteiger partial charge is 0.433 e. The van der Waals surface area contributed by atoms with Gasteiger partial charge in [-0.25, -0.2) is 0 Å². The van der Waals surface area contributed by atoms with Gasteiger partial charge in [-0.1, -0.05) is 12.1 Å². The maximum atomic E-state index is 12.2. The Balaban J connectivity index is 2.22. The van der Waals surface area contributed by atoms with E-state index < -0.39 is 6.61 Å². The average Bonchev–Trinajstić information content (AvgIpc) is 2.65. The van der Waals surface area contributed by atoms with Crippen LogP contribution in [0.25, 0.3) is 0 Å². The summed E-state index contributed by atoms with van der Waals surface area (Å²) < 4.78 is 28.7. The number of para-hydroxylation sites is 2. The molecule has 1 aliphatic rings. The van der Waals surface area contributed by atoms with Crippen molar-refractivity contribution in [3.8, 4) is 5.75 Å². The van der Waals surface area contributed by atoms with Crippen molar-refractivity contribution in [1.29, 1.82) is 0 Å². The van der Waals surface area contributed by atoms with E-state index in [1.165, 1.54) is 6.07 Å². The molecule has 1 fully saturated rings. The van der Waals surface area contributed by atoms with Crippen molar-refractivity contribution in [2.24, 2.45) is 0 Å². The molecule has 1 aromatic rings. The van der Waals surface area contributed by atoms with E-state index in [4.69, 9.17) is 0 Å². The number of rotatable bonds is 3. The Morgan fingerprint density at radius 1 is 1.31 bits per heavy atom. The Kier molecular flexibility index (Phi) is 3.03. The van der Waals surface area contributed by atoms with Crippen molar-refractivity contribution in [3.05, 3.63) is 24.3 Å². The monoisotopic (exact) mass is 227 g/mol. The first-order valence-corrected chi connectivity index (χ1v) is 4.97. The van der Waals surface area contributed by atoms with Crippen molar-refractivity contribution in [2.75, 3.05) is 18.0 Å². The van der Waals surface area contributed by atoms with Gasteiger partial charge in [0.05, 0.1) is 12.2 Å². The molecule has 1 aliphatic heterocycles. The van der Waals surface area contributed by atoms with Crippen molar-refractivity contribution in [3.63, 3.8) is 0 Å². The lowest BCUT2D eigenvalue weighted by Gasteiger charge is -2.19. The van der Waals surface area contributed by atoms with E-state index in [0.717, 1.165) is 0 Å². The Labute approximate surface area is 91.6 Å². The number of nitrogens with zero attached hydrogens (tertiary/aromatic N) is 1. The molecule has 2 rings (SSSR count). The second-order valence-electron chi connectivity index (χ2n) is 3.56. The molecule has 5 heteroatoms. The summed E-state index contributed by atoms with van der Waals surface area (Å²) in [5, 5.41) is 0. The minimum atomic E-state index is -2.85. The zero-order valence-electron chi connectivity index (χ0n) is 8.53. The minimum absolute atomic E-state index is 0.117. The third-order valence-electron chi connectivity index (χ3n) is 2.45. The van der Waals surface area contributed by atoms with Gasteiger partial charge in [-0.15, -0.1) is 0 Å². The van der Waals surface area contributed by atoms with Crippen LogP contribution in [0, 0.1) is 0 Å². The highest BCUT2D eigenvalue weighted by molar-refractivity contribution is 5.87. The third-order valence-corrected chi connectivity index (χ3v) is 2.45. The predicted molar refractivity (Wildman–Crippen MR) is 54.9 cm³/mol. The van der Waals surface area contributed by atoms with E-state index in [0.29, 0.717) is 18.7 Å². The number of benzene rings is 1. The first-order chi connectivity index (χ1) is 7.66. The number of alkyl halides is 2. The first kappa shape index (κ1) is 10.9. The van der Waals surface area contributed by atoms with Crippen LogP contribution in [0.3, 0.4) is 0 Å². The quantitative estimate of drug-likeness (QED) is 0.791. The Hall–Kier alpha value is -1.65. The second-order valence-corrected chi connectivity index (χ2v) is 3.56. The third kappa shape index (κ3) is 2.29. The molecule has 0 amide bonds. The molecule has 1 heterocycles. The molecule has 86 valence electrons. The van der Waals surface area contributed by atoms with E-state index in [1.807, 2.05) is 0 Å². The van der Waals surface area contributed by atoms with Gasteiger partial charge in [0.1, 0.15) is 5.75 Å². The summed E-state index contributed by atoms with van der Waals surface area (Å²) in [6, 6.07) is 6.51. The SMILES string of the molecule is O=C1CCN(c2ccccc2OC(F)F)C1. The van der Waals surface area contributed by atoms with Crippen molar-refractivity contribution < 1.29 is 18.3 Å².